The summed E-state index contributed by atoms with van der Waals surface area (Å²) in [6, 6.07) is 14.6. The molecule has 150 valence electrons. The molecule has 2 aromatic heterocycles. The van der Waals surface area contributed by atoms with Crippen LogP contribution in [-0.2, 0) is 0 Å². The van der Waals surface area contributed by atoms with Gasteiger partial charge in [0.15, 0.2) is 11.4 Å². The van der Waals surface area contributed by atoms with E-state index < -0.39 is 6.86 Å². The Hall–Kier alpha value is -4.27. The molecule has 9 heteroatoms. The van der Waals surface area contributed by atoms with Gasteiger partial charge in [-0.05, 0) is 30.3 Å². The van der Waals surface area contributed by atoms with E-state index in [0.717, 1.165) is 6.20 Å². The monoisotopic (exact) mass is 406 g/mol. The second-order valence-electron chi connectivity index (χ2n) is 6.12. The lowest BCUT2D eigenvalue weighted by Gasteiger charge is -2.10. The molecule has 8 nitrogen and oxygen atoms in total. The van der Waals surface area contributed by atoms with Gasteiger partial charge in [-0.3, -0.25) is 9.59 Å². The summed E-state index contributed by atoms with van der Waals surface area (Å²) in [6.07, 6.45) is 2.64. The highest BCUT2D eigenvalue weighted by Gasteiger charge is 2.10. The molecule has 0 spiro atoms. The van der Waals surface area contributed by atoms with Gasteiger partial charge in [0.2, 0.25) is 6.86 Å². The first-order valence-corrected chi connectivity index (χ1v) is 8.84. The first-order valence-electron chi connectivity index (χ1n) is 8.84. The molecule has 1 amide bonds. The van der Waals surface area contributed by atoms with Gasteiger partial charge in [-0.15, -0.1) is 0 Å². The molecule has 2 heterocycles. The van der Waals surface area contributed by atoms with Crippen molar-refractivity contribution in [1.82, 2.24) is 15.0 Å². The second-order valence-corrected chi connectivity index (χ2v) is 6.12. The molecule has 0 unspecified atom stereocenters. The molecular weight excluding hydrogens is 391 g/mol. The van der Waals surface area contributed by atoms with Crippen LogP contribution in [0.1, 0.15) is 10.4 Å². The molecule has 30 heavy (non-hydrogen) atoms. The molecule has 0 saturated carbocycles. The fourth-order valence-corrected chi connectivity index (χ4v) is 2.76. The number of halogens is 1. The van der Waals surface area contributed by atoms with Gasteiger partial charge < -0.3 is 19.8 Å². The van der Waals surface area contributed by atoms with Gasteiger partial charge >= 0.3 is 0 Å². The number of H-pyrrole nitrogens is 1. The van der Waals surface area contributed by atoms with Crippen LogP contribution in [0.25, 0.3) is 11.2 Å². The van der Waals surface area contributed by atoms with Crippen LogP contribution in [0.4, 0.5) is 10.1 Å². The van der Waals surface area contributed by atoms with E-state index in [2.05, 4.69) is 20.3 Å². The number of amides is 1. The van der Waals surface area contributed by atoms with Crippen molar-refractivity contribution in [1.29, 1.82) is 0 Å². The molecule has 0 aliphatic carbocycles. The van der Waals surface area contributed by atoms with Crippen LogP contribution >= 0.6 is 0 Å². The minimum absolute atomic E-state index is 0.261. The van der Waals surface area contributed by atoms with Crippen molar-refractivity contribution in [2.24, 2.45) is 0 Å². The minimum Gasteiger partial charge on any atom is -0.463 e. The van der Waals surface area contributed by atoms with Crippen LogP contribution in [-0.4, -0.2) is 27.7 Å². The molecule has 2 aromatic carbocycles. The normalized spacial score (nSPS) is 10.6. The molecule has 4 aromatic rings. The number of fused-ring (bicyclic) bond motifs is 1. The maximum Gasteiger partial charge on any atom is 0.268 e. The summed E-state index contributed by atoms with van der Waals surface area (Å²) < 4.78 is 23.0. The smallest absolute Gasteiger partial charge is 0.268 e. The first-order chi connectivity index (χ1) is 14.6. The number of carbonyl (C=O) groups is 1. The van der Waals surface area contributed by atoms with Gasteiger partial charge in [0.05, 0.1) is 6.20 Å². The maximum atomic E-state index is 12.5. The summed E-state index contributed by atoms with van der Waals surface area (Å²) in [5, 5.41) is 2.75. The van der Waals surface area contributed by atoms with Gasteiger partial charge in [0, 0.05) is 29.6 Å². The van der Waals surface area contributed by atoms with E-state index in [0.29, 0.717) is 33.9 Å². The van der Waals surface area contributed by atoms with Crippen molar-refractivity contribution in [3.05, 3.63) is 82.9 Å². The highest BCUT2D eigenvalue weighted by atomic mass is 19.1. The molecule has 2 N–H and O–H groups in total. The highest BCUT2D eigenvalue weighted by Crippen LogP contribution is 2.28. The van der Waals surface area contributed by atoms with Crippen molar-refractivity contribution in [3.63, 3.8) is 0 Å². The number of aromatic nitrogens is 3. The molecule has 0 saturated heterocycles. The molecule has 0 aliphatic rings. The number of rotatable bonds is 6. The topological polar surface area (TPSA) is 106 Å². The first kappa shape index (κ1) is 19.1. The summed E-state index contributed by atoms with van der Waals surface area (Å²) >= 11 is 0. The number of pyridine rings is 1. The molecule has 0 bridgehead atoms. The van der Waals surface area contributed by atoms with E-state index in [1.54, 1.807) is 48.5 Å². The molecule has 4 rings (SSSR count). The SMILES string of the molecule is O=C(Nc1cccc(Oc2ccnc3[nH]c(=O)cnc23)c1)c1cccc(OCF)c1. The largest absolute Gasteiger partial charge is 0.463 e. The number of nitrogens with zero attached hydrogens (tertiary/aromatic N) is 2. The Labute approximate surface area is 169 Å². The lowest BCUT2D eigenvalue weighted by molar-refractivity contribution is 0.102. The standard InChI is InChI=1S/C21H15FN4O4/c22-12-29-15-5-1-3-13(9-15)21(28)25-14-4-2-6-16(10-14)30-17-7-8-23-20-19(17)24-11-18(27)26-20/h1-11H,12H2,(H,25,28)(H,23,26,27). The van der Waals surface area contributed by atoms with Gasteiger partial charge in [0.25, 0.3) is 11.5 Å². The van der Waals surface area contributed by atoms with E-state index in [4.69, 9.17) is 9.47 Å². The number of carbonyl (C=O) groups excluding carboxylic acids is 1. The Morgan fingerprint density at radius 1 is 1.07 bits per heavy atom. The predicted octanol–water partition coefficient (Wildman–Crippen LogP) is 3.67. The Balaban J connectivity index is 1.54. The fraction of sp³-hybridized carbons (Fsp3) is 0.0476. The molecule has 0 aliphatic heterocycles. The molecule has 0 fully saturated rings. The highest BCUT2D eigenvalue weighted by molar-refractivity contribution is 6.04. The van der Waals surface area contributed by atoms with E-state index in [1.165, 1.54) is 12.3 Å². The Kier molecular flexibility index (Phi) is 5.33. The van der Waals surface area contributed by atoms with Gasteiger partial charge in [-0.1, -0.05) is 12.1 Å². The van der Waals surface area contributed by atoms with Crippen LogP contribution in [0.2, 0.25) is 0 Å². The van der Waals surface area contributed by atoms with Crippen molar-refractivity contribution in [3.8, 4) is 17.2 Å². The van der Waals surface area contributed by atoms with Crippen LogP contribution in [0.15, 0.2) is 71.8 Å². The lowest BCUT2D eigenvalue weighted by Crippen LogP contribution is -2.12. The number of anilines is 1. The maximum absolute atomic E-state index is 12.5. The Bertz CT molecular complexity index is 1280. The third-order valence-corrected chi connectivity index (χ3v) is 4.08. The number of aromatic amines is 1. The summed E-state index contributed by atoms with van der Waals surface area (Å²) in [5.41, 5.74) is 1.16. The number of alkyl halides is 1. The Morgan fingerprint density at radius 2 is 1.90 bits per heavy atom. The van der Waals surface area contributed by atoms with Crippen LogP contribution in [0.5, 0.6) is 17.2 Å². The molecule has 0 radical (unpaired) electrons. The summed E-state index contributed by atoms with van der Waals surface area (Å²) in [5.74, 6) is 0.723. The van der Waals surface area contributed by atoms with E-state index in [1.807, 2.05) is 0 Å². The van der Waals surface area contributed by atoms with Gasteiger partial charge in [-0.2, -0.15) is 0 Å². The average Bonchev–Trinajstić information content (AvgIpc) is 2.74. The number of hydrogen-bond acceptors (Lipinski definition) is 6. The lowest BCUT2D eigenvalue weighted by atomic mass is 10.2. The Morgan fingerprint density at radius 3 is 2.77 bits per heavy atom. The summed E-state index contributed by atoms with van der Waals surface area (Å²) in [7, 11) is 0. The number of benzene rings is 2. The number of ether oxygens (including phenoxy) is 2. The van der Waals surface area contributed by atoms with Crippen molar-refractivity contribution >= 4 is 22.8 Å². The van der Waals surface area contributed by atoms with Crippen molar-refractivity contribution < 1.29 is 18.7 Å². The third kappa shape index (κ3) is 4.25. The number of nitrogens with one attached hydrogen (secondary N) is 2. The minimum atomic E-state index is -0.975. The van der Waals surface area contributed by atoms with Crippen LogP contribution < -0.4 is 20.3 Å². The van der Waals surface area contributed by atoms with Crippen LogP contribution in [0.3, 0.4) is 0 Å². The van der Waals surface area contributed by atoms with E-state index >= 15 is 0 Å². The van der Waals surface area contributed by atoms with Crippen molar-refractivity contribution in [2.75, 3.05) is 12.2 Å². The predicted molar refractivity (Wildman–Crippen MR) is 108 cm³/mol. The van der Waals surface area contributed by atoms with Gasteiger partial charge in [-0.25, -0.2) is 14.4 Å². The number of hydrogen-bond donors (Lipinski definition) is 2. The zero-order valence-electron chi connectivity index (χ0n) is 15.5. The molecular formula is C21H15FN4O4. The summed E-state index contributed by atoms with van der Waals surface area (Å²) in [4.78, 5) is 34.6. The van der Waals surface area contributed by atoms with Crippen molar-refractivity contribution in [2.45, 2.75) is 0 Å². The van der Waals surface area contributed by atoms with E-state index in [9.17, 15) is 14.0 Å². The average molecular weight is 406 g/mol. The fourth-order valence-electron chi connectivity index (χ4n) is 2.76. The second kappa shape index (κ2) is 8.39. The summed E-state index contributed by atoms with van der Waals surface area (Å²) in [6.45, 7) is -0.975. The van der Waals surface area contributed by atoms with Crippen LogP contribution in [0, 0.1) is 0 Å². The third-order valence-electron chi connectivity index (χ3n) is 4.08. The van der Waals surface area contributed by atoms with Gasteiger partial charge in [0.1, 0.15) is 17.0 Å². The zero-order chi connectivity index (χ0) is 20.9. The zero-order valence-corrected chi connectivity index (χ0v) is 15.5. The molecule has 0 atom stereocenters. The quantitative estimate of drug-likeness (QED) is 0.506. The van der Waals surface area contributed by atoms with E-state index in [-0.39, 0.29) is 17.2 Å².